The minimum Gasteiger partial charge on any atom is -0.508 e. The third kappa shape index (κ3) is 3.37. The molecule has 2 unspecified atom stereocenters. The van der Waals surface area contributed by atoms with Crippen LogP contribution in [0.5, 0.6) is 5.75 Å². The van der Waals surface area contributed by atoms with Crippen LogP contribution < -0.4 is 0 Å². The number of hydrogen-bond donors (Lipinski definition) is 4. The molecule has 0 aromatic heterocycles. The van der Waals surface area contributed by atoms with Crippen LogP contribution in [0.4, 0.5) is 4.39 Å². The van der Waals surface area contributed by atoms with E-state index in [-0.39, 0.29) is 11.3 Å². The summed E-state index contributed by atoms with van der Waals surface area (Å²) >= 11 is 3.91. The van der Waals surface area contributed by atoms with E-state index in [0.29, 0.717) is 12.2 Å². The second kappa shape index (κ2) is 5.34. The Labute approximate surface area is 92.6 Å². The lowest BCUT2D eigenvalue weighted by atomic mass is 10.0. The number of halogens is 1. The zero-order valence-corrected chi connectivity index (χ0v) is 8.86. The first-order chi connectivity index (χ1) is 7.04. The van der Waals surface area contributed by atoms with E-state index in [2.05, 4.69) is 12.6 Å². The lowest BCUT2D eigenvalue weighted by Gasteiger charge is -2.17. The van der Waals surface area contributed by atoms with Crippen molar-refractivity contribution in [1.29, 1.82) is 0 Å². The second-order valence-electron chi connectivity index (χ2n) is 3.27. The number of aromatic hydroxyl groups is 1. The standard InChI is InChI=1S/C10H13FO3S/c11-7-3-6(4-8(12)5-7)10(14)9(13)1-2-15/h3-5,9-10,12-15H,1-2H2. The average molecular weight is 232 g/mol. The highest BCUT2D eigenvalue weighted by Gasteiger charge is 2.18. The summed E-state index contributed by atoms with van der Waals surface area (Å²) in [6.07, 6.45) is -1.93. The smallest absolute Gasteiger partial charge is 0.127 e. The molecular formula is C10H13FO3S. The third-order valence-electron chi connectivity index (χ3n) is 2.04. The van der Waals surface area contributed by atoms with Gasteiger partial charge < -0.3 is 15.3 Å². The van der Waals surface area contributed by atoms with Crippen molar-refractivity contribution in [2.45, 2.75) is 18.6 Å². The molecule has 0 saturated heterocycles. The Hall–Kier alpha value is -0.780. The first kappa shape index (κ1) is 12.3. The maximum Gasteiger partial charge on any atom is 0.127 e. The third-order valence-corrected chi connectivity index (χ3v) is 2.29. The number of hydrogen-bond acceptors (Lipinski definition) is 4. The van der Waals surface area contributed by atoms with E-state index < -0.39 is 18.0 Å². The molecule has 0 aliphatic rings. The summed E-state index contributed by atoms with van der Waals surface area (Å²) in [7, 11) is 0. The fraction of sp³-hybridized carbons (Fsp3) is 0.400. The van der Waals surface area contributed by atoms with Gasteiger partial charge in [-0.25, -0.2) is 4.39 Å². The van der Waals surface area contributed by atoms with Crippen LogP contribution >= 0.6 is 12.6 Å². The molecule has 84 valence electrons. The summed E-state index contributed by atoms with van der Waals surface area (Å²) < 4.78 is 12.9. The minimum atomic E-state index is -1.21. The van der Waals surface area contributed by atoms with Gasteiger partial charge in [0.1, 0.15) is 17.7 Å². The van der Waals surface area contributed by atoms with Gasteiger partial charge in [-0.2, -0.15) is 12.6 Å². The Morgan fingerprint density at radius 1 is 1.27 bits per heavy atom. The van der Waals surface area contributed by atoms with E-state index in [9.17, 15) is 14.6 Å². The number of rotatable bonds is 4. The first-order valence-electron chi connectivity index (χ1n) is 4.51. The minimum absolute atomic E-state index is 0.154. The zero-order chi connectivity index (χ0) is 11.4. The lowest BCUT2D eigenvalue weighted by Crippen LogP contribution is -2.18. The molecule has 3 nitrogen and oxygen atoms in total. The molecule has 0 amide bonds. The highest BCUT2D eigenvalue weighted by molar-refractivity contribution is 7.80. The molecule has 0 heterocycles. The number of aliphatic hydroxyl groups excluding tert-OH is 2. The molecular weight excluding hydrogens is 219 g/mol. The summed E-state index contributed by atoms with van der Waals surface area (Å²) in [6.45, 7) is 0. The molecule has 3 N–H and O–H groups in total. The van der Waals surface area contributed by atoms with Crippen LogP contribution in [-0.2, 0) is 0 Å². The number of phenols is 1. The zero-order valence-electron chi connectivity index (χ0n) is 7.97. The van der Waals surface area contributed by atoms with Crippen molar-refractivity contribution in [3.05, 3.63) is 29.6 Å². The van der Waals surface area contributed by atoms with Crippen molar-refractivity contribution in [1.82, 2.24) is 0 Å². The van der Waals surface area contributed by atoms with Gasteiger partial charge in [0.05, 0.1) is 6.10 Å². The first-order valence-corrected chi connectivity index (χ1v) is 5.14. The molecule has 0 radical (unpaired) electrons. The summed E-state index contributed by atoms with van der Waals surface area (Å²) in [5, 5.41) is 28.2. The predicted octanol–water partition coefficient (Wildman–Crippen LogP) is 1.25. The number of benzene rings is 1. The Morgan fingerprint density at radius 3 is 2.47 bits per heavy atom. The maximum absolute atomic E-state index is 12.9. The van der Waals surface area contributed by atoms with Gasteiger partial charge in [0.2, 0.25) is 0 Å². The SMILES string of the molecule is Oc1cc(F)cc(C(O)C(O)CCS)c1. The highest BCUT2D eigenvalue weighted by Crippen LogP contribution is 2.24. The molecule has 0 aliphatic carbocycles. The van der Waals surface area contributed by atoms with Crippen molar-refractivity contribution in [2.24, 2.45) is 0 Å². The molecule has 1 aromatic carbocycles. The average Bonchev–Trinajstić information content (AvgIpc) is 2.15. The summed E-state index contributed by atoms with van der Waals surface area (Å²) in [4.78, 5) is 0. The largest absolute Gasteiger partial charge is 0.508 e. The molecule has 0 aliphatic heterocycles. The molecule has 15 heavy (non-hydrogen) atoms. The molecule has 1 rings (SSSR count). The van der Waals surface area contributed by atoms with Gasteiger partial charge in [-0.1, -0.05) is 0 Å². The normalized spacial score (nSPS) is 14.9. The van der Waals surface area contributed by atoms with Crippen molar-refractivity contribution >= 4 is 12.6 Å². The van der Waals surface area contributed by atoms with E-state index in [0.717, 1.165) is 12.1 Å². The molecule has 2 atom stereocenters. The summed E-state index contributed by atoms with van der Waals surface area (Å²) in [5.41, 5.74) is 0.154. The van der Waals surface area contributed by atoms with Crippen LogP contribution in [0.2, 0.25) is 0 Å². The van der Waals surface area contributed by atoms with Gasteiger partial charge in [-0.3, -0.25) is 0 Å². The molecule has 1 aromatic rings. The van der Waals surface area contributed by atoms with E-state index in [4.69, 9.17) is 5.11 Å². The van der Waals surface area contributed by atoms with Gasteiger partial charge in [0, 0.05) is 6.07 Å². The highest BCUT2D eigenvalue weighted by atomic mass is 32.1. The molecule has 0 bridgehead atoms. The number of thiol groups is 1. The van der Waals surface area contributed by atoms with E-state index in [1.165, 1.54) is 6.07 Å². The Morgan fingerprint density at radius 2 is 1.93 bits per heavy atom. The second-order valence-corrected chi connectivity index (χ2v) is 3.71. The Balaban J connectivity index is 2.85. The van der Waals surface area contributed by atoms with Gasteiger partial charge in [0.15, 0.2) is 0 Å². The van der Waals surface area contributed by atoms with Gasteiger partial charge >= 0.3 is 0 Å². The predicted molar refractivity (Wildman–Crippen MR) is 57.5 cm³/mol. The Bertz CT molecular complexity index is 312. The topological polar surface area (TPSA) is 60.7 Å². The van der Waals surface area contributed by atoms with Crippen LogP contribution in [-0.4, -0.2) is 27.2 Å². The van der Waals surface area contributed by atoms with E-state index >= 15 is 0 Å². The number of phenolic OH excluding ortho intramolecular Hbond substituents is 1. The van der Waals surface area contributed by atoms with Crippen LogP contribution in [0.25, 0.3) is 0 Å². The molecule has 0 saturated carbocycles. The fourth-order valence-corrected chi connectivity index (χ4v) is 1.54. The summed E-state index contributed by atoms with van der Waals surface area (Å²) in [5.74, 6) is -0.510. The molecule has 0 fully saturated rings. The van der Waals surface area contributed by atoms with Crippen molar-refractivity contribution in [2.75, 3.05) is 5.75 Å². The summed E-state index contributed by atoms with van der Waals surface area (Å²) in [6, 6.07) is 3.23. The van der Waals surface area contributed by atoms with Crippen molar-refractivity contribution in [3.8, 4) is 5.75 Å². The van der Waals surface area contributed by atoms with Gasteiger partial charge in [-0.15, -0.1) is 0 Å². The monoisotopic (exact) mass is 232 g/mol. The van der Waals surface area contributed by atoms with E-state index in [1.54, 1.807) is 0 Å². The Kier molecular flexibility index (Phi) is 4.38. The van der Waals surface area contributed by atoms with Crippen LogP contribution in [0.15, 0.2) is 18.2 Å². The van der Waals surface area contributed by atoms with Gasteiger partial charge in [-0.05, 0) is 29.9 Å². The number of aliphatic hydroxyl groups is 2. The lowest BCUT2D eigenvalue weighted by molar-refractivity contribution is 0.0170. The van der Waals surface area contributed by atoms with Crippen molar-refractivity contribution in [3.63, 3.8) is 0 Å². The molecule has 0 spiro atoms. The quantitative estimate of drug-likeness (QED) is 0.591. The fourth-order valence-electron chi connectivity index (χ4n) is 1.28. The maximum atomic E-state index is 12.9. The van der Waals surface area contributed by atoms with Crippen LogP contribution in [0, 0.1) is 5.82 Å². The van der Waals surface area contributed by atoms with E-state index in [1.807, 2.05) is 0 Å². The molecule has 5 heteroatoms. The van der Waals surface area contributed by atoms with Crippen LogP contribution in [0.1, 0.15) is 18.1 Å². The van der Waals surface area contributed by atoms with Gasteiger partial charge in [0.25, 0.3) is 0 Å². The van der Waals surface area contributed by atoms with Crippen LogP contribution in [0.3, 0.4) is 0 Å². The van der Waals surface area contributed by atoms with Crippen molar-refractivity contribution < 1.29 is 19.7 Å².